The van der Waals surface area contributed by atoms with Crippen molar-refractivity contribution in [3.63, 3.8) is 0 Å². The van der Waals surface area contributed by atoms with Crippen LogP contribution in [-0.4, -0.2) is 13.1 Å². The molecule has 1 aliphatic heterocycles. The molecule has 0 unspecified atom stereocenters. The molecular weight excluding hydrogens is 248 g/mol. The van der Waals surface area contributed by atoms with E-state index in [1.54, 1.807) is 12.1 Å². The third-order valence-corrected chi connectivity index (χ3v) is 2.94. The highest BCUT2D eigenvalue weighted by Crippen LogP contribution is 2.36. The fourth-order valence-electron chi connectivity index (χ4n) is 2.00. The van der Waals surface area contributed by atoms with Gasteiger partial charge in [0, 0.05) is 6.07 Å². The molecule has 2 aromatic rings. The van der Waals surface area contributed by atoms with Gasteiger partial charge in [-0.15, -0.1) is 0 Å². The van der Waals surface area contributed by atoms with Crippen molar-refractivity contribution in [1.29, 1.82) is 0 Å². The molecule has 0 bridgehead atoms. The van der Waals surface area contributed by atoms with Gasteiger partial charge in [-0.2, -0.15) is 0 Å². The van der Waals surface area contributed by atoms with E-state index in [0.717, 1.165) is 6.07 Å². The second-order valence-electron chi connectivity index (χ2n) is 4.06. The molecule has 0 saturated carbocycles. The lowest BCUT2D eigenvalue weighted by atomic mass is 10.0. The summed E-state index contributed by atoms with van der Waals surface area (Å²) in [5, 5.41) is 0. The molecule has 2 heterocycles. The van der Waals surface area contributed by atoms with Crippen LogP contribution >= 0.6 is 0 Å². The molecule has 0 spiro atoms. The van der Waals surface area contributed by atoms with Gasteiger partial charge < -0.3 is 13.9 Å². The monoisotopic (exact) mass is 258 g/mol. The zero-order valence-electron chi connectivity index (χ0n) is 10.1. The van der Waals surface area contributed by atoms with Gasteiger partial charge in [0.15, 0.2) is 5.43 Å². The Kier molecular flexibility index (Phi) is 2.59. The normalized spacial score (nSPS) is 12.1. The van der Waals surface area contributed by atoms with Gasteiger partial charge in [-0.1, -0.05) is 12.1 Å². The van der Waals surface area contributed by atoms with Crippen LogP contribution in [-0.2, 0) is 11.3 Å². The summed E-state index contributed by atoms with van der Waals surface area (Å²) in [6, 6.07) is 8.32. The Hall–Kier alpha value is -2.56. The van der Waals surface area contributed by atoms with E-state index >= 15 is 0 Å². The third kappa shape index (κ3) is 1.79. The first kappa shape index (κ1) is 11.5. The first-order chi connectivity index (χ1) is 9.20. The minimum Gasteiger partial charge on any atom is -0.488 e. The number of hydrogen-bond donors (Lipinski definition) is 0. The Morgan fingerprint density at radius 1 is 1.32 bits per heavy atom. The van der Waals surface area contributed by atoms with Crippen molar-refractivity contribution < 1.29 is 18.7 Å². The number of carbonyl (C=O) groups is 1. The van der Waals surface area contributed by atoms with Crippen molar-refractivity contribution in [3.8, 4) is 17.1 Å². The number of esters is 1. The number of para-hydroxylation sites is 1. The zero-order valence-corrected chi connectivity index (χ0v) is 10.1. The third-order valence-electron chi connectivity index (χ3n) is 2.94. The summed E-state index contributed by atoms with van der Waals surface area (Å²) in [5.74, 6) is 0.210. The molecule has 0 atom stereocenters. The van der Waals surface area contributed by atoms with Gasteiger partial charge >= 0.3 is 5.97 Å². The Balaban J connectivity index is 2.26. The number of fused-ring (bicyclic) bond motifs is 3. The van der Waals surface area contributed by atoms with E-state index in [4.69, 9.17) is 9.15 Å². The second kappa shape index (κ2) is 4.28. The Bertz CT molecular complexity index is 714. The van der Waals surface area contributed by atoms with E-state index in [1.807, 2.05) is 12.1 Å². The predicted molar refractivity (Wildman–Crippen MR) is 66.1 cm³/mol. The molecule has 96 valence electrons. The standard InChI is InChI=1S/C14H10O5/c1-17-14(16)12-6-10(15)9-7-18-11-5-3-2-4-8(11)13(9)19-12/h2-6H,7H2,1H3. The first-order valence-corrected chi connectivity index (χ1v) is 5.68. The van der Waals surface area contributed by atoms with Gasteiger partial charge in [0.2, 0.25) is 5.76 Å². The minimum absolute atomic E-state index is 0.108. The summed E-state index contributed by atoms with van der Waals surface area (Å²) >= 11 is 0. The van der Waals surface area contributed by atoms with Crippen molar-refractivity contribution >= 4 is 5.97 Å². The highest BCUT2D eigenvalue weighted by atomic mass is 16.5. The van der Waals surface area contributed by atoms with Gasteiger partial charge in [-0.3, -0.25) is 4.79 Å². The topological polar surface area (TPSA) is 65.7 Å². The summed E-state index contributed by atoms with van der Waals surface area (Å²) in [5.41, 5.74) is 0.772. The van der Waals surface area contributed by atoms with Gasteiger partial charge in [-0.05, 0) is 12.1 Å². The van der Waals surface area contributed by atoms with Crippen molar-refractivity contribution in [2.75, 3.05) is 7.11 Å². The lowest BCUT2D eigenvalue weighted by molar-refractivity contribution is 0.0562. The highest BCUT2D eigenvalue weighted by Gasteiger charge is 2.24. The SMILES string of the molecule is COC(=O)c1cc(=O)c2c(o1)-c1ccccc1OC2. The minimum atomic E-state index is -0.677. The number of benzene rings is 1. The molecule has 5 nitrogen and oxygen atoms in total. The molecule has 0 aliphatic carbocycles. The first-order valence-electron chi connectivity index (χ1n) is 5.68. The van der Waals surface area contributed by atoms with Crippen LogP contribution in [0.4, 0.5) is 0 Å². The maximum absolute atomic E-state index is 12.0. The lowest BCUT2D eigenvalue weighted by Gasteiger charge is -2.18. The van der Waals surface area contributed by atoms with Crippen LogP contribution in [0.5, 0.6) is 5.75 Å². The van der Waals surface area contributed by atoms with Crippen LogP contribution in [0, 0.1) is 0 Å². The Morgan fingerprint density at radius 2 is 2.11 bits per heavy atom. The van der Waals surface area contributed by atoms with E-state index in [0.29, 0.717) is 22.6 Å². The summed E-state index contributed by atoms with van der Waals surface area (Å²) in [6.07, 6.45) is 0. The maximum atomic E-state index is 12.0. The van der Waals surface area contributed by atoms with E-state index < -0.39 is 5.97 Å². The number of ether oxygens (including phenoxy) is 2. The van der Waals surface area contributed by atoms with E-state index in [2.05, 4.69) is 4.74 Å². The molecule has 3 rings (SSSR count). The molecular formula is C14H10O5. The number of hydrogen-bond acceptors (Lipinski definition) is 5. The Labute approximate surface area is 108 Å². The van der Waals surface area contributed by atoms with Crippen LogP contribution in [0.2, 0.25) is 0 Å². The molecule has 5 heteroatoms. The number of rotatable bonds is 1. The van der Waals surface area contributed by atoms with Crippen LogP contribution in [0.3, 0.4) is 0 Å². The van der Waals surface area contributed by atoms with Crippen molar-refractivity contribution in [3.05, 3.63) is 51.9 Å². The molecule has 0 amide bonds. The molecule has 1 aromatic carbocycles. The molecule has 1 aromatic heterocycles. The van der Waals surface area contributed by atoms with Crippen LogP contribution in [0.1, 0.15) is 16.1 Å². The Morgan fingerprint density at radius 3 is 2.89 bits per heavy atom. The van der Waals surface area contributed by atoms with Crippen LogP contribution in [0.15, 0.2) is 39.5 Å². The average molecular weight is 258 g/mol. The van der Waals surface area contributed by atoms with E-state index in [9.17, 15) is 9.59 Å². The molecule has 0 fully saturated rings. The van der Waals surface area contributed by atoms with Crippen molar-refractivity contribution in [1.82, 2.24) is 0 Å². The summed E-state index contributed by atoms with van der Waals surface area (Å²) in [4.78, 5) is 23.4. The molecule has 0 saturated heterocycles. The molecule has 1 aliphatic rings. The number of carbonyl (C=O) groups excluding carboxylic acids is 1. The van der Waals surface area contributed by atoms with Crippen LogP contribution in [0.25, 0.3) is 11.3 Å². The van der Waals surface area contributed by atoms with Gasteiger partial charge in [0.25, 0.3) is 0 Å². The van der Waals surface area contributed by atoms with Crippen molar-refractivity contribution in [2.24, 2.45) is 0 Å². The zero-order chi connectivity index (χ0) is 13.4. The highest BCUT2D eigenvalue weighted by molar-refractivity contribution is 5.87. The predicted octanol–water partition coefficient (Wildman–Crippen LogP) is 1.99. The quantitative estimate of drug-likeness (QED) is 0.732. The summed E-state index contributed by atoms with van der Waals surface area (Å²) in [6.45, 7) is 0.135. The molecule has 19 heavy (non-hydrogen) atoms. The van der Waals surface area contributed by atoms with Gasteiger partial charge in [-0.25, -0.2) is 4.79 Å². The summed E-state index contributed by atoms with van der Waals surface area (Å²) < 4.78 is 15.6. The van der Waals surface area contributed by atoms with Crippen LogP contribution < -0.4 is 10.2 Å². The van der Waals surface area contributed by atoms with E-state index in [-0.39, 0.29) is 17.8 Å². The second-order valence-corrected chi connectivity index (χ2v) is 4.06. The smallest absolute Gasteiger partial charge is 0.374 e. The van der Waals surface area contributed by atoms with Crippen molar-refractivity contribution in [2.45, 2.75) is 6.61 Å². The summed E-state index contributed by atoms with van der Waals surface area (Å²) in [7, 11) is 1.23. The average Bonchev–Trinajstić information content (AvgIpc) is 2.46. The lowest BCUT2D eigenvalue weighted by Crippen LogP contribution is -2.18. The molecule has 0 N–H and O–H groups in total. The fraction of sp³-hybridized carbons (Fsp3) is 0.143. The fourth-order valence-corrected chi connectivity index (χ4v) is 2.00. The molecule has 0 radical (unpaired) electrons. The van der Waals surface area contributed by atoms with Gasteiger partial charge in [0.05, 0.1) is 18.2 Å². The van der Waals surface area contributed by atoms with Gasteiger partial charge in [0.1, 0.15) is 18.1 Å². The maximum Gasteiger partial charge on any atom is 0.374 e. The van der Waals surface area contributed by atoms with E-state index in [1.165, 1.54) is 7.11 Å². The largest absolute Gasteiger partial charge is 0.488 e. The number of methoxy groups -OCH3 is 1.